The lowest BCUT2D eigenvalue weighted by atomic mass is 10.1. The Balaban J connectivity index is 4.31. The number of unbranched alkanes of at least 4 members (excludes halogenated alkanes) is 31. The van der Waals surface area contributed by atoms with E-state index in [4.69, 9.17) is 14.2 Å². The summed E-state index contributed by atoms with van der Waals surface area (Å²) in [6.07, 6.45) is 47.6. The van der Waals surface area contributed by atoms with E-state index < -0.39 is 6.10 Å². The van der Waals surface area contributed by atoms with Crippen LogP contribution in [0.4, 0.5) is 0 Å². The molecule has 0 radical (unpaired) electrons. The molecule has 1 unspecified atom stereocenters. The fourth-order valence-corrected chi connectivity index (χ4v) is 7.08. The van der Waals surface area contributed by atoms with Gasteiger partial charge in [0, 0.05) is 19.3 Å². The molecule has 0 bridgehead atoms. The summed E-state index contributed by atoms with van der Waals surface area (Å²) in [6, 6.07) is 0. The van der Waals surface area contributed by atoms with Crippen molar-refractivity contribution in [2.24, 2.45) is 0 Å². The molecular weight excluding hydrogens is 685 g/mol. The van der Waals surface area contributed by atoms with Crippen molar-refractivity contribution in [3.05, 3.63) is 12.2 Å². The van der Waals surface area contributed by atoms with Crippen LogP contribution in [0.3, 0.4) is 0 Å². The van der Waals surface area contributed by atoms with Gasteiger partial charge in [-0.25, -0.2) is 0 Å². The molecule has 0 aliphatic carbocycles. The molecule has 0 aliphatic heterocycles. The van der Waals surface area contributed by atoms with E-state index in [-0.39, 0.29) is 31.1 Å². The number of carbonyl (C=O) groups excluding carboxylic acids is 3. The Morgan fingerprint density at radius 1 is 0.345 bits per heavy atom. The van der Waals surface area contributed by atoms with Gasteiger partial charge >= 0.3 is 17.9 Å². The van der Waals surface area contributed by atoms with Crippen LogP contribution in [0.5, 0.6) is 0 Å². The topological polar surface area (TPSA) is 78.9 Å². The van der Waals surface area contributed by atoms with Crippen LogP contribution in [0.15, 0.2) is 12.2 Å². The summed E-state index contributed by atoms with van der Waals surface area (Å²) in [5.41, 5.74) is 0. The van der Waals surface area contributed by atoms with E-state index >= 15 is 0 Å². The average molecular weight is 777 g/mol. The molecule has 0 aromatic carbocycles. The zero-order valence-corrected chi connectivity index (χ0v) is 37.0. The van der Waals surface area contributed by atoms with E-state index in [1.807, 2.05) is 0 Å². The smallest absolute Gasteiger partial charge is 0.306 e. The molecule has 324 valence electrons. The Kier molecular flexibility index (Phi) is 43.4. The van der Waals surface area contributed by atoms with E-state index in [2.05, 4.69) is 32.9 Å². The van der Waals surface area contributed by atoms with Gasteiger partial charge < -0.3 is 14.2 Å². The van der Waals surface area contributed by atoms with Gasteiger partial charge in [-0.3, -0.25) is 14.4 Å². The van der Waals surface area contributed by atoms with E-state index in [9.17, 15) is 14.4 Å². The molecule has 6 heteroatoms. The highest BCUT2D eigenvalue weighted by Crippen LogP contribution is 2.15. The van der Waals surface area contributed by atoms with Crippen LogP contribution in [0, 0.1) is 0 Å². The van der Waals surface area contributed by atoms with E-state index in [0.29, 0.717) is 19.3 Å². The van der Waals surface area contributed by atoms with Gasteiger partial charge in [-0.2, -0.15) is 0 Å². The number of hydrogen-bond acceptors (Lipinski definition) is 6. The van der Waals surface area contributed by atoms with Crippen molar-refractivity contribution in [3.8, 4) is 0 Å². The van der Waals surface area contributed by atoms with Gasteiger partial charge in [-0.1, -0.05) is 213 Å². The van der Waals surface area contributed by atoms with E-state index in [1.54, 1.807) is 0 Å². The first-order chi connectivity index (χ1) is 27.0. The summed E-state index contributed by atoms with van der Waals surface area (Å²) >= 11 is 0. The van der Waals surface area contributed by atoms with Crippen molar-refractivity contribution in [2.75, 3.05) is 13.2 Å². The van der Waals surface area contributed by atoms with Crippen molar-refractivity contribution in [3.63, 3.8) is 0 Å². The molecule has 6 nitrogen and oxygen atoms in total. The SMILES string of the molecule is CCCCCCCCC/C=C\CCCCCCCC(=O)OCC(COC(=O)CCCCCCCCCCCC)OC(=O)CCCCCCCCCCCCC. The molecule has 0 fully saturated rings. The molecule has 0 aliphatic rings. The molecule has 55 heavy (non-hydrogen) atoms. The minimum Gasteiger partial charge on any atom is -0.462 e. The second kappa shape index (κ2) is 44.9. The molecule has 0 aromatic rings. The molecule has 1 atom stereocenters. The van der Waals surface area contributed by atoms with Crippen LogP contribution >= 0.6 is 0 Å². The summed E-state index contributed by atoms with van der Waals surface area (Å²) in [6.45, 7) is 6.63. The third-order valence-electron chi connectivity index (χ3n) is 10.8. The number of ether oxygens (including phenoxy) is 3. The van der Waals surface area contributed by atoms with Gasteiger partial charge in [-0.05, 0) is 44.9 Å². The average Bonchev–Trinajstić information content (AvgIpc) is 3.18. The molecule has 0 amide bonds. The van der Waals surface area contributed by atoms with Crippen LogP contribution < -0.4 is 0 Å². The lowest BCUT2D eigenvalue weighted by Gasteiger charge is -2.18. The number of allylic oxidation sites excluding steroid dienone is 2. The molecule has 0 aromatic heterocycles. The molecule has 0 rings (SSSR count). The number of esters is 3. The number of carbonyl (C=O) groups is 3. The van der Waals surface area contributed by atoms with Gasteiger partial charge in [0.2, 0.25) is 0 Å². The quantitative estimate of drug-likeness (QED) is 0.0265. The third kappa shape index (κ3) is 43.1. The van der Waals surface area contributed by atoms with Crippen molar-refractivity contribution in [1.29, 1.82) is 0 Å². The van der Waals surface area contributed by atoms with Crippen LogP contribution in [-0.4, -0.2) is 37.2 Å². The number of rotatable bonds is 44. The Morgan fingerprint density at radius 2 is 0.600 bits per heavy atom. The minimum absolute atomic E-state index is 0.0681. The fourth-order valence-electron chi connectivity index (χ4n) is 7.08. The van der Waals surface area contributed by atoms with Gasteiger partial charge in [0.1, 0.15) is 13.2 Å². The Morgan fingerprint density at radius 3 is 0.909 bits per heavy atom. The summed E-state index contributed by atoms with van der Waals surface area (Å²) in [5.74, 6) is -0.868. The maximum Gasteiger partial charge on any atom is 0.306 e. The van der Waals surface area contributed by atoms with Crippen molar-refractivity contribution in [1.82, 2.24) is 0 Å². The third-order valence-corrected chi connectivity index (χ3v) is 10.8. The maximum atomic E-state index is 12.7. The molecule has 0 heterocycles. The van der Waals surface area contributed by atoms with Crippen molar-refractivity contribution < 1.29 is 28.6 Å². The molecule has 0 N–H and O–H groups in total. The zero-order valence-electron chi connectivity index (χ0n) is 37.0. The maximum absolute atomic E-state index is 12.7. The van der Waals surface area contributed by atoms with Gasteiger partial charge in [0.15, 0.2) is 6.10 Å². The van der Waals surface area contributed by atoms with Crippen LogP contribution in [0.2, 0.25) is 0 Å². The lowest BCUT2D eigenvalue weighted by molar-refractivity contribution is -0.167. The van der Waals surface area contributed by atoms with E-state index in [1.165, 1.54) is 161 Å². The second-order valence-electron chi connectivity index (χ2n) is 16.4. The lowest BCUT2D eigenvalue weighted by Crippen LogP contribution is -2.30. The fraction of sp³-hybridized carbons (Fsp3) is 0.898. The van der Waals surface area contributed by atoms with Crippen LogP contribution in [-0.2, 0) is 28.6 Å². The summed E-state index contributed by atoms with van der Waals surface area (Å²) in [7, 11) is 0. The Labute approximate surface area is 341 Å². The summed E-state index contributed by atoms with van der Waals surface area (Å²) < 4.78 is 16.7. The highest BCUT2D eigenvalue weighted by molar-refractivity contribution is 5.71. The van der Waals surface area contributed by atoms with Crippen molar-refractivity contribution >= 4 is 17.9 Å². The second-order valence-corrected chi connectivity index (χ2v) is 16.4. The minimum atomic E-state index is -0.764. The van der Waals surface area contributed by atoms with Crippen LogP contribution in [0.25, 0.3) is 0 Å². The first-order valence-corrected chi connectivity index (χ1v) is 24.2. The van der Waals surface area contributed by atoms with Gasteiger partial charge in [-0.15, -0.1) is 0 Å². The summed E-state index contributed by atoms with van der Waals surface area (Å²) in [5, 5.41) is 0. The first-order valence-electron chi connectivity index (χ1n) is 24.2. The number of hydrogen-bond donors (Lipinski definition) is 0. The zero-order chi connectivity index (χ0) is 40.1. The monoisotopic (exact) mass is 777 g/mol. The Hall–Kier alpha value is -1.85. The molecule has 0 spiro atoms. The van der Waals surface area contributed by atoms with Gasteiger partial charge in [0.05, 0.1) is 0 Å². The Bertz CT molecular complexity index is 854. The molecular formula is C49H92O6. The predicted molar refractivity (Wildman–Crippen MR) is 233 cm³/mol. The molecule has 0 saturated heterocycles. The highest BCUT2D eigenvalue weighted by atomic mass is 16.6. The first kappa shape index (κ1) is 53.1. The van der Waals surface area contributed by atoms with Crippen molar-refractivity contribution in [2.45, 2.75) is 271 Å². The predicted octanol–water partition coefficient (Wildman–Crippen LogP) is 15.4. The van der Waals surface area contributed by atoms with Crippen LogP contribution in [0.1, 0.15) is 265 Å². The highest BCUT2D eigenvalue weighted by Gasteiger charge is 2.19. The van der Waals surface area contributed by atoms with E-state index in [0.717, 1.165) is 64.2 Å². The standard InChI is InChI=1S/C49H92O6/c1-4-7-10-13-16-19-22-23-24-25-26-28-30-33-36-39-42-48(51)54-45-46(44-53-47(50)41-38-35-32-29-21-18-15-12-9-6-3)55-49(52)43-40-37-34-31-27-20-17-14-11-8-5-2/h24-25,46H,4-23,26-45H2,1-3H3/b25-24-. The summed E-state index contributed by atoms with van der Waals surface area (Å²) in [4.78, 5) is 37.7. The normalized spacial score (nSPS) is 12.0. The van der Waals surface area contributed by atoms with Gasteiger partial charge in [0.25, 0.3) is 0 Å². The largest absolute Gasteiger partial charge is 0.462 e. The molecule has 0 saturated carbocycles.